The summed E-state index contributed by atoms with van der Waals surface area (Å²) in [6.07, 6.45) is -2.57. The average molecular weight is 171 g/mol. The van der Waals surface area contributed by atoms with E-state index in [0.29, 0.717) is 16.5 Å². The Balaban J connectivity index is 2.39. The molecule has 1 aliphatic heterocycles. The third-order valence-electron chi connectivity index (χ3n) is 1.29. The summed E-state index contributed by atoms with van der Waals surface area (Å²) < 4.78 is 36.0. The predicted molar refractivity (Wildman–Crippen MR) is 34.5 cm³/mol. The summed E-state index contributed by atoms with van der Waals surface area (Å²) in [6.45, 7) is 0.147. The van der Waals surface area contributed by atoms with E-state index in [4.69, 9.17) is 0 Å². The van der Waals surface area contributed by atoms with Crippen LogP contribution in [0.5, 0.6) is 0 Å². The summed E-state index contributed by atoms with van der Waals surface area (Å²) >= 11 is 0.878. The van der Waals surface area contributed by atoms with Gasteiger partial charge in [-0.2, -0.15) is 17.5 Å². The van der Waals surface area contributed by atoms with Gasteiger partial charge in [0.25, 0.3) is 0 Å². The number of nitrogens with zero attached hydrogens (tertiary/aromatic N) is 1. The Morgan fingerprint density at radius 3 is 2.20 bits per heavy atom. The summed E-state index contributed by atoms with van der Waals surface area (Å²) in [5.41, 5.74) is 0. The molecule has 1 nitrogen and oxygen atoms in total. The number of rotatable bonds is 0. The fourth-order valence-electron chi connectivity index (χ4n) is 0.797. The van der Waals surface area contributed by atoms with Crippen LogP contribution in [0.1, 0.15) is 12.8 Å². The van der Waals surface area contributed by atoms with Crippen molar-refractivity contribution < 1.29 is 13.2 Å². The molecule has 0 radical (unpaired) electrons. The Morgan fingerprint density at radius 1 is 1.20 bits per heavy atom. The van der Waals surface area contributed by atoms with Crippen molar-refractivity contribution in [1.29, 1.82) is 0 Å². The molecular formula is C5H8F3NS. The maximum atomic E-state index is 11.8. The van der Waals surface area contributed by atoms with Crippen molar-refractivity contribution in [2.24, 2.45) is 0 Å². The molecule has 0 spiro atoms. The number of hydrogen-bond acceptors (Lipinski definition) is 2. The lowest BCUT2D eigenvalue weighted by Gasteiger charge is -2.26. The molecule has 1 fully saturated rings. The summed E-state index contributed by atoms with van der Waals surface area (Å²) in [7, 11) is 0. The van der Waals surface area contributed by atoms with Crippen LogP contribution in [0, 0.1) is 0 Å². The fourth-order valence-corrected chi connectivity index (χ4v) is 1.75. The first-order valence-corrected chi connectivity index (χ1v) is 4.02. The van der Waals surface area contributed by atoms with E-state index < -0.39 is 6.30 Å². The van der Waals surface area contributed by atoms with Gasteiger partial charge in [0.15, 0.2) is 0 Å². The number of alkyl halides is 3. The second-order valence-electron chi connectivity index (χ2n) is 2.11. The molecule has 0 bridgehead atoms. The zero-order chi connectivity index (χ0) is 7.61. The van der Waals surface area contributed by atoms with Gasteiger partial charge < -0.3 is 0 Å². The molecule has 0 unspecified atom stereocenters. The lowest BCUT2D eigenvalue weighted by molar-refractivity contribution is -0.207. The molecule has 1 saturated heterocycles. The molecule has 1 heterocycles. The summed E-state index contributed by atoms with van der Waals surface area (Å²) in [6, 6.07) is 0. The molecule has 5 heteroatoms. The Hall–Kier alpha value is 0.100. The van der Waals surface area contributed by atoms with Crippen LogP contribution >= 0.6 is 11.9 Å². The standard InChI is InChI=1S/C5H8F3NS/c6-5(7,8)9-3-1-2-4-10-9/h1-4H2. The van der Waals surface area contributed by atoms with Gasteiger partial charge in [0.1, 0.15) is 0 Å². The molecule has 0 amide bonds. The molecule has 0 atom stereocenters. The minimum absolute atomic E-state index is 0.147. The van der Waals surface area contributed by atoms with Crippen LogP contribution in [0.2, 0.25) is 0 Å². The zero-order valence-corrected chi connectivity index (χ0v) is 6.13. The normalized spacial score (nSPS) is 23.1. The topological polar surface area (TPSA) is 3.24 Å². The van der Waals surface area contributed by atoms with Crippen molar-refractivity contribution in [2.45, 2.75) is 19.1 Å². The van der Waals surface area contributed by atoms with Crippen molar-refractivity contribution in [3.05, 3.63) is 0 Å². The van der Waals surface area contributed by atoms with Gasteiger partial charge in [0.05, 0.1) is 0 Å². The first-order chi connectivity index (χ1) is 4.61. The quantitative estimate of drug-likeness (QED) is 0.406. The smallest absolute Gasteiger partial charge is 0.158 e. The summed E-state index contributed by atoms with van der Waals surface area (Å²) in [5, 5.41) is 0. The minimum atomic E-state index is -4.13. The molecule has 0 aromatic rings. The predicted octanol–water partition coefficient (Wildman–Crippen LogP) is 2.25. The van der Waals surface area contributed by atoms with Crippen molar-refractivity contribution in [3.8, 4) is 0 Å². The molecule has 0 aromatic heterocycles. The Morgan fingerprint density at radius 2 is 1.90 bits per heavy atom. The van der Waals surface area contributed by atoms with Crippen LogP contribution in [0.3, 0.4) is 0 Å². The molecule has 0 N–H and O–H groups in total. The van der Waals surface area contributed by atoms with Crippen molar-refractivity contribution in [1.82, 2.24) is 4.31 Å². The highest BCUT2D eigenvalue weighted by Crippen LogP contribution is 2.32. The Bertz CT molecular complexity index is 108. The Kier molecular flexibility index (Phi) is 2.46. The second kappa shape index (κ2) is 3.00. The molecule has 10 heavy (non-hydrogen) atoms. The van der Waals surface area contributed by atoms with E-state index in [1.807, 2.05) is 0 Å². The van der Waals surface area contributed by atoms with E-state index >= 15 is 0 Å². The van der Waals surface area contributed by atoms with E-state index in [2.05, 4.69) is 0 Å². The monoisotopic (exact) mass is 171 g/mol. The van der Waals surface area contributed by atoms with Gasteiger partial charge in [-0.15, -0.1) is 0 Å². The van der Waals surface area contributed by atoms with Crippen LogP contribution in [-0.2, 0) is 0 Å². The van der Waals surface area contributed by atoms with Crippen LogP contribution in [-0.4, -0.2) is 22.9 Å². The third kappa shape index (κ3) is 2.05. The van der Waals surface area contributed by atoms with Gasteiger partial charge in [0, 0.05) is 12.3 Å². The highest BCUT2D eigenvalue weighted by Gasteiger charge is 2.38. The van der Waals surface area contributed by atoms with Gasteiger partial charge in [-0.3, -0.25) is 0 Å². The van der Waals surface area contributed by atoms with Crippen molar-refractivity contribution >= 4 is 11.9 Å². The van der Waals surface area contributed by atoms with Gasteiger partial charge in [-0.05, 0) is 12.8 Å². The summed E-state index contributed by atoms with van der Waals surface area (Å²) in [5.74, 6) is 0.597. The third-order valence-corrected chi connectivity index (χ3v) is 2.46. The highest BCUT2D eigenvalue weighted by molar-refractivity contribution is 7.97. The van der Waals surface area contributed by atoms with Crippen LogP contribution in [0.25, 0.3) is 0 Å². The number of hydrogen-bond donors (Lipinski definition) is 0. The maximum Gasteiger partial charge on any atom is 0.469 e. The van der Waals surface area contributed by atoms with Crippen molar-refractivity contribution in [3.63, 3.8) is 0 Å². The first-order valence-electron chi connectivity index (χ1n) is 3.08. The molecule has 60 valence electrons. The van der Waals surface area contributed by atoms with Gasteiger partial charge in [-0.25, -0.2) is 0 Å². The maximum absolute atomic E-state index is 11.8. The van der Waals surface area contributed by atoms with Crippen LogP contribution in [0.15, 0.2) is 0 Å². The summed E-state index contributed by atoms with van der Waals surface area (Å²) in [4.78, 5) is 0. The minimum Gasteiger partial charge on any atom is -0.158 e. The zero-order valence-electron chi connectivity index (χ0n) is 5.32. The van der Waals surface area contributed by atoms with E-state index in [-0.39, 0.29) is 6.54 Å². The van der Waals surface area contributed by atoms with E-state index in [9.17, 15) is 13.2 Å². The molecule has 1 rings (SSSR count). The van der Waals surface area contributed by atoms with Gasteiger partial charge >= 0.3 is 6.30 Å². The van der Waals surface area contributed by atoms with E-state index in [1.165, 1.54) is 0 Å². The van der Waals surface area contributed by atoms with Gasteiger partial charge in [-0.1, -0.05) is 11.9 Å². The highest BCUT2D eigenvalue weighted by atomic mass is 32.2. The van der Waals surface area contributed by atoms with Crippen molar-refractivity contribution in [2.75, 3.05) is 12.3 Å². The lowest BCUT2D eigenvalue weighted by Crippen LogP contribution is -2.35. The molecule has 0 aromatic carbocycles. The van der Waals surface area contributed by atoms with E-state index in [1.54, 1.807) is 0 Å². The Labute approximate surface area is 61.7 Å². The molecule has 1 aliphatic rings. The lowest BCUT2D eigenvalue weighted by atomic mass is 10.3. The molecular weight excluding hydrogens is 163 g/mol. The first kappa shape index (κ1) is 8.20. The van der Waals surface area contributed by atoms with E-state index in [0.717, 1.165) is 18.4 Å². The average Bonchev–Trinajstić information content (AvgIpc) is 1.88. The second-order valence-corrected chi connectivity index (χ2v) is 3.22. The van der Waals surface area contributed by atoms with Gasteiger partial charge in [0.2, 0.25) is 0 Å². The molecule has 0 saturated carbocycles. The SMILES string of the molecule is FC(F)(F)N1CCCCS1. The molecule has 0 aliphatic carbocycles. The fraction of sp³-hybridized carbons (Fsp3) is 1.00. The van der Waals surface area contributed by atoms with Crippen LogP contribution < -0.4 is 0 Å². The largest absolute Gasteiger partial charge is 0.469 e. The number of halogens is 3. The van der Waals surface area contributed by atoms with Crippen LogP contribution in [0.4, 0.5) is 13.2 Å².